The molecule has 0 aliphatic carbocycles. The lowest BCUT2D eigenvalue weighted by Gasteiger charge is -2.18. The van der Waals surface area contributed by atoms with Gasteiger partial charge in [-0.2, -0.15) is 0 Å². The molecule has 0 aliphatic rings. The highest BCUT2D eigenvalue weighted by Crippen LogP contribution is 2.27. The lowest BCUT2D eigenvalue weighted by Crippen LogP contribution is -2.17. The van der Waals surface area contributed by atoms with E-state index in [1.807, 2.05) is 20.8 Å². The number of alkyl halides is 3. The molecule has 2 rings (SSSR count). The Hall–Kier alpha value is -3.08. The number of ether oxygens (including phenoxy) is 1. The number of benzene rings is 2. The van der Waals surface area contributed by atoms with Gasteiger partial charge >= 0.3 is 11.4 Å². The topological polar surface area (TPSA) is 98.5 Å². The molecule has 2 aromatic rings. The van der Waals surface area contributed by atoms with Gasteiger partial charge in [-0.3, -0.25) is 10.1 Å². The molecule has 11 heteroatoms. The van der Waals surface area contributed by atoms with E-state index in [1.165, 1.54) is 12.1 Å². The first-order valence-electron chi connectivity index (χ1n) is 8.53. The van der Waals surface area contributed by atoms with E-state index in [-0.39, 0.29) is 16.0 Å². The van der Waals surface area contributed by atoms with Gasteiger partial charge in [-0.25, -0.2) is 8.42 Å². The fourth-order valence-corrected chi connectivity index (χ4v) is 3.53. The van der Waals surface area contributed by atoms with E-state index in [9.17, 15) is 31.7 Å². The van der Waals surface area contributed by atoms with Crippen LogP contribution in [0, 0.1) is 10.1 Å². The van der Waals surface area contributed by atoms with Gasteiger partial charge in [-0.15, -0.1) is 13.2 Å². The van der Waals surface area contributed by atoms with Gasteiger partial charge in [0.15, 0.2) is 0 Å². The third-order valence-electron chi connectivity index (χ3n) is 3.94. The first kappa shape index (κ1) is 23.2. The summed E-state index contributed by atoms with van der Waals surface area (Å²) in [4.78, 5) is 10.0. The van der Waals surface area contributed by atoms with Gasteiger partial charge in [-0.05, 0) is 47.4 Å². The minimum absolute atomic E-state index is 0.127. The lowest BCUT2D eigenvalue weighted by atomic mass is 9.87. The van der Waals surface area contributed by atoms with Crippen LogP contribution in [0.3, 0.4) is 0 Å². The van der Waals surface area contributed by atoms with Crippen molar-refractivity contribution in [2.75, 3.05) is 5.32 Å². The number of anilines is 1. The Morgan fingerprint density at radius 3 is 2.00 bits per heavy atom. The van der Waals surface area contributed by atoms with Crippen molar-refractivity contribution in [1.82, 2.24) is 0 Å². The fourth-order valence-electron chi connectivity index (χ4n) is 2.38. The number of halogens is 3. The van der Waals surface area contributed by atoms with Crippen LogP contribution in [0.5, 0.6) is 5.75 Å². The summed E-state index contributed by atoms with van der Waals surface area (Å²) in [5.74, 6) is -0.488. The van der Waals surface area contributed by atoms with Crippen LogP contribution < -0.4 is 10.1 Å². The van der Waals surface area contributed by atoms with Crippen molar-refractivity contribution in [3.8, 4) is 5.75 Å². The average Bonchev–Trinajstić information content (AvgIpc) is 2.61. The molecule has 0 amide bonds. The third-order valence-corrected chi connectivity index (χ3v) is 5.65. The maximum atomic E-state index is 12.7. The summed E-state index contributed by atoms with van der Waals surface area (Å²) in [6.45, 7) is 5.81. The van der Waals surface area contributed by atoms with Crippen LogP contribution in [-0.4, -0.2) is 19.7 Å². The average molecular weight is 444 g/mol. The zero-order chi connectivity index (χ0) is 22.7. The third kappa shape index (κ3) is 5.96. The standard InChI is InChI=1S/C19H19F3N2O5S/c1-18(2,3)13-4-10-16(11-5-13)30(27,28)17(24(25)26)12-23-14-6-8-15(9-7-14)29-19(20,21)22/h4-12,23H,1-3H3/b17-12+. The zero-order valence-corrected chi connectivity index (χ0v) is 17.0. The number of sulfone groups is 1. The molecule has 0 fully saturated rings. The second-order valence-corrected chi connectivity index (χ2v) is 9.13. The summed E-state index contributed by atoms with van der Waals surface area (Å²) in [6.07, 6.45) is -4.18. The molecule has 7 nitrogen and oxygen atoms in total. The molecular formula is C19H19F3N2O5S. The summed E-state index contributed by atoms with van der Waals surface area (Å²) in [5.41, 5.74) is 0.752. The molecule has 0 aromatic heterocycles. The van der Waals surface area contributed by atoms with Crippen LogP contribution in [0.15, 0.2) is 64.7 Å². The van der Waals surface area contributed by atoms with Crippen molar-refractivity contribution in [3.63, 3.8) is 0 Å². The van der Waals surface area contributed by atoms with Crippen LogP contribution >= 0.6 is 0 Å². The fraction of sp³-hybridized carbons (Fsp3) is 0.263. The molecule has 2 aromatic carbocycles. The molecule has 0 unspecified atom stereocenters. The number of rotatable bonds is 6. The summed E-state index contributed by atoms with van der Waals surface area (Å²) in [6, 6.07) is 10.0. The Balaban J connectivity index is 2.28. The highest BCUT2D eigenvalue weighted by molar-refractivity contribution is 7.95. The predicted octanol–water partition coefficient (Wildman–Crippen LogP) is 4.84. The van der Waals surface area contributed by atoms with Crippen LogP contribution in [0.25, 0.3) is 0 Å². The number of hydrogen-bond donors (Lipinski definition) is 1. The summed E-state index contributed by atoms with van der Waals surface area (Å²) >= 11 is 0. The van der Waals surface area contributed by atoms with E-state index < -0.39 is 31.9 Å². The van der Waals surface area contributed by atoms with E-state index in [4.69, 9.17) is 0 Å². The SMILES string of the molecule is CC(C)(C)c1ccc(S(=O)(=O)/C(=C/Nc2ccc(OC(F)(F)F)cc2)[N+](=O)[O-])cc1. The summed E-state index contributed by atoms with van der Waals surface area (Å²) in [5, 5.41) is 12.6. The minimum atomic E-state index is -4.86. The molecule has 30 heavy (non-hydrogen) atoms. The Kier molecular flexibility index (Phi) is 6.45. The predicted molar refractivity (Wildman–Crippen MR) is 104 cm³/mol. The normalized spacial score (nSPS) is 13.1. The lowest BCUT2D eigenvalue weighted by molar-refractivity contribution is -0.411. The highest BCUT2D eigenvalue weighted by Gasteiger charge is 2.32. The smallest absolute Gasteiger partial charge is 0.406 e. The van der Waals surface area contributed by atoms with E-state index in [2.05, 4.69) is 10.1 Å². The van der Waals surface area contributed by atoms with Gasteiger partial charge < -0.3 is 10.1 Å². The quantitative estimate of drug-likeness (QED) is 0.506. The van der Waals surface area contributed by atoms with Crippen LogP contribution in [0.1, 0.15) is 26.3 Å². The molecule has 1 N–H and O–H groups in total. The summed E-state index contributed by atoms with van der Waals surface area (Å²) in [7, 11) is -4.44. The zero-order valence-electron chi connectivity index (χ0n) is 16.2. The van der Waals surface area contributed by atoms with E-state index in [0.717, 1.165) is 29.8 Å². The number of hydrogen-bond acceptors (Lipinski definition) is 6. The van der Waals surface area contributed by atoms with Crippen LogP contribution in [0.2, 0.25) is 0 Å². The van der Waals surface area contributed by atoms with E-state index in [0.29, 0.717) is 6.20 Å². The second kappa shape index (κ2) is 8.34. The van der Waals surface area contributed by atoms with E-state index >= 15 is 0 Å². The Bertz CT molecular complexity index is 1040. The first-order valence-corrected chi connectivity index (χ1v) is 10.0. The second-order valence-electron chi connectivity index (χ2n) is 7.23. The van der Waals surface area contributed by atoms with Crippen molar-refractivity contribution < 1.29 is 31.2 Å². The molecule has 0 aliphatic heterocycles. The molecule has 0 heterocycles. The summed E-state index contributed by atoms with van der Waals surface area (Å²) < 4.78 is 65.6. The van der Waals surface area contributed by atoms with Crippen molar-refractivity contribution in [2.45, 2.75) is 37.4 Å². The molecule has 0 saturated heterocycles. The first-order chi connectivity index (χ1) is 13.7. The monoisotopic (exact) mass is 444 g/mol. The van der Waals surface area contributed by atoms with Crippen molar-refractivity contribution >= 4 is 15.5 Å². The minimum Gasteiger partial charge on any atom is -0.406 e. The number of nitrogens with one attached hydrogen (secondary N) is 1. The Morgan fingerprint density at radius 2 is 1.57 bits per heavy atom. The maximum Gasteiger partial charge on any atom is 0.573 e. The van der Waals surface area contributed by atoms with Gasteiger partial charge in [0, 0.05) is 5.69 Å². The van der Waals surface area contributed by atoms with Crippen LogP contribution in [0.4, 0.5) is 18.9 Å². The number of nitrogens with zero attached hydrogens (tertiary/aromatic N) is 1. The molecule has 0 radical (unpaired) electrons. The van der Waals surface area contributed by atoms with E-state index in [1.54, 1.807) is 12.1 Å². The molecule has 0 atom stereocenters. The van der Waals surface area contributed by atoms with Crippen molar-refractivity contribution in [2.24, 2.45) is 0 Å². The highest BCUT2D eigenvalue weighted by atomic mass is 32.2. The molecular weight excluding hydrogens is 425 g/mol. The van der Waals surface area contributed by atoms with Gasteiger partial charge in [0.1, 0.15) is 5.75 Å². The molecule has 0 spiro atoms. The molecule has 0 saturated carbocycles. The molecule has 162 valence electrons. The van der Waals surface area contributed by atoms with Gasteiger partial charge in [-0.1, -0.05) is 32.9 Å². The molecule has 0 bridgehead atoms. The van der Waals surface area contributed by atoms with Crippen LogP contribution in [-0.2, 0) is 15.3 Å². The van der Waals surface area contributed by atoms with Gasteiger partial charge in [0.05, 0.1) is 16.0 Å². The van der Waals surface area contributed by atoms with Gasteiger partial charge in [0.25, 0.3) is 9.84 Å². The Morgan fingerprint density at radius 1 is 1.03 bits per heavy atom. The Labute approximate surface area is 171 Å². The van der Waals surface area contributed by atoms with Gasteiger partial charge in [0.2, 0.25) is 0 Å². The number of nitro groups is 1. The van der Waals surface area contributed by atoms with Crippen molar-refractivity contribution in [1.29, 1.82) is 0 Å². The largest absolute Gasteiger partial charge is 0.573 e. The van der Waals surface area contributed by atoms with Crippen molar-refractivity contribution in [3.05, 3.63) is 75.4 Å². The maximum absolute atomic E-state index is 12.7.